The summed E-state index contributed by atoms with van der Waals surface area (Å²) in [6.07, 6.45) is 3.79. The second-order valence-corrected chi connectivity index (χ2v) is 6.38. The van der Waals surface area contributed by atoms with Crippen molar-refractivity contribution in [3.05, 3.63) is 54.1 Å². The molecule has 3 aromatic rings. The van der Waals surface area contributed by atoms with Gasteiger partial charge in [0.1, 0.15) is 0 Å². The van der Waals surface area contributed by atoms with E-state index >= 15 is 0 Å². The zero-order chi connectivity index (χ0) is 17.9. The molecule has 1 aliphatic rings. The predicted octanol–water partition coefficient (Wildman–Crippen LogP) is 1.72. The molecule has 1 aromatic carbocycles. The van der Waals surface area contributed by atoms with E-state index in [4.69, 9.17) is 0 Å². The van der Waals surface area contributed by atoms with Crippen molar-refractivity contribution in [3.63, 3.8) is 0 Å². The number of hydrogen-bond donors (Lipinski definition) is 2. The van der Waals surface area contributed by atoms with Gasteiger partial charge >= 0.3 is 0 Å². The number of aromatic nitrogens is 5. The van der Waals surface area contributed by atoms with E-state index in [0.717, 1.165) is 37.4 Å². The van der Waals surface area contributed by atoms with Crippen molar-refractivity contribution >= 4 is 11.9 Å². The van der Waals surface area contributed by atoms with E-state index in [-0.39, 0.29) is 5.91 Å². The standard InChI is InChI=1S/C18H21N7O/c1-24-18(20-16(23-24)13-7-10-19-11-8-13)21-17(26)15-9-12-25(22-15)14-5-3-2-4-6-14/h2-6,9,12-13,19H,7-8,10-11H2,1H3,(H,20,21,23,26). The maximum Gasteiger partial charge on any atom is 0.278 e. The van der Waals surface area contributed by atoms with Crippen LogP contribution in [0.2, 0.25) is 0 Å². The smallest absolute Gasteiger partial charge is 0.278 e. The van der Waals surface area contributed by atoms with Crippen LogP contribution in [0.25, 0.3) is 5.69 Å². The summed E-state index contributed by atoms with van der Waals surface area (Å²) in [4.78, 5) is 17.0. The Balaban J connectivity index is 1.48. The van der Waals surface area contributed by atoms with E-state index in [0.29, 0.717) is 17.6 Å². The average molecular weight is 351 g/mol. The molecule has 0 saturated carbocycles. The monoisotopic (exact) mass is 351 g/mol. The van der Waals surface area contributed by atoms with Crippen molar-refractivity contribution in [2.24, 2.45) is 7.05 Å². The highest BCUT2D eigenvalue weighted by Crippen LogP contribution is 2.23. The van der Waals surface area contributed by atoms with Crippen molar-refractivity contribution in [2.45, 2.75) is 18.8 Å². The number of amides is 1. The molecule has 0 aliphatic carbocycles. The Morgan fingerprint density at radius 3 is 2.69 bits per heavy atom. The predicted molar refractivity (Wildman–Crippen MR) is 97.4 cm³/mol. The van der Waals surface area contributed by atoms with E-state index < -0.39 is 0 Å². The zero-order valence-electron chi connectivity index (χ0n) is 14.6. The largest absolute Gasteiger partial charge is 0.317 e. The van der Waals surface area contributed by atoms with Gasteiger partial charge in [-0.05, 0) is 44.1 Å². The second-order valence-electron chi connectivity index (χ2n) is 6.38. The van der Waals surface area contributed by atoms with Gasteiger partial charge in [-0.2, -0.15) is 15.2 Å². The molecule has 0 atom stereocenters. The van der Waals surface area contributed by atoms with Crippen LogP contribution in [0.4, 0.5) is 5.95 Å². The minimum Gasteiger partial charge on any atom is -0.317 e. The Morgan fingerprint density at radius 1 is 1.15 bits per heavy atom. The highest BCUT2D eigenvalue weighted by atomic mass is 16.2. The minimum atomic E-state index is -0.299. The van der Waals surface area contributed by atoms with E-state index in [1.54, 1.807) is 28.7 Å². The van der Waals surface area contributed by atoms with Gasteiger partial charge in [0.2, 0.25) is 5.95 Å². The van der Waals surface area contributed by atoms with Crippen LogP contribution in [-0.4, -0.2) is 43.5 Å². The van der Waals surface area contributed by atoms with Gasteiger partial charge in [0.05, 0.1) is 5.69 Å². The summed E-state index contributed by atoms with van der Waals surface area (Å²) >= 11 is 0. The number of aryl methyl sites for hydroxylation is 1. The highest BCUT2D eigenvalue weighted by Gasteiger charge is 2.22. The van der Waals surface area contributed by atoms with Gasteiger partial charge in [-0.25, -0.2) is 9.36 Å². The van der Waals surface area contributed by atoms with Gasteiger partial charge in [-0.3, -0.25) is 10.1 Å². The molecule has 4 rings (SSSR count). The lowest BCUT2D eigenvalue weighted by molar-refractivity contribution is 0.102. The molecule has 1 saturated heterocycles. The summed E-state index contributed by atoms with van der Waals surface area (Å²) in [7, 11) is 1.79. The molecule has 134 valence electrons. The molecule has 1 fully saturated rings. The fraction of sp³-hybridized carbons (Fsp3) is 0.333. The van der Waals surface area contributed by atoms with Gasteiger partial charge < -0.3 is 5.32 Å². The Morgan fingerprint density at radius 2 is 1.92 bits per heavy atom. The number of carbonyl (C=O) groups excluding carboxylic acids is 1. The van der Waals surface area contributed by atoms with Crippen LogP contribution in [0.5, 0.6) is 0 Å². The first-order valence-electron chi connectivity index (χ1n) is 8.75. The molecule has 8 heteroatoms. The van der Waals surface area contributed by atoms with Crippen molar-refractivity contribution < 1.29 is 4.79 Å². The number of piperidine rings is 1. The quantitative estimate of drug-likeness (QED) is 0.747. The second kappa shape index (κ2) is 7.09. The van der Waals surface area contributed by atoms with Crippen LogP contribution >= 0.6 is 0 Å². The molecule has 1 aliphatic heterocycles. The molecule has 3 heterocycles. The molecule has 8 nitrogen and oxygen atoms in total. The van der Waals surface area contributed by atoms with Gasteiger partial charge in [-0.1, -0.05) is 18.2 Å². The fourth-order valence-corrected chi connectivity index (χ4v) is 3.10. The first kappa shape index (κ1) is 16.5. The molecule has 0 bridgehead atoms. The van der Waals surface area contributed by atoms with Crippen molar-refractivity contribution in [1.82, 2.24) is 29.9 Å². The number of nitrogens with zero attached hydrogens (tertiary/aromatic N) is 5. The number of carbonyl (C=O) groups is 1. The van der Waals surface area contributed by atoms with Crippen LogP contribution < -0.4 is 10.6 Å². The van der Waals surface area contributed by atoms with Crippen LogP contribution in [0, 0.1) is 0 Å². The van der Waals surface area contributed by atoms with E-state index in [9.17, 15) is 4.79 Å². The van der Waals surface area contributed by atoms with Gasteiger partial charge in [0.15, 0.2) is 11.5 Å². The summed E-state index contributed by atoms with van der Waals surface area (Å²) in [5.74, 6) is 1.27. The van der Waals surface area contributed by atoms with Crippen LogP contribution in [0.1, 0.15) is 35.1 Å². The summed E-state index contributed by atoms with van der Waals surface area (Å²) in [6, 6.07) is 11.4. The number of benzene rings is 1. The fourth-order valence-electron chi connectivity index (χ4n) is 3.10. The van der Waals surface area contributed by atoms with Crippen LogP contribution in [-0.2, 0) is 7.05 Å². The summed E-state index contributed by atoms with van der Waals surface area (Å²) in [6.45, 7) is 1.95. The van der Waals surface area contributed by atoms with Crippen molar-refractivity contribution in [3.8, 4) is 5.69 Å². The third-order valence-electron chi connectivity index (χ3n) is 4.55. The normalized spacial score (nSPS) is 15.1. The molecule has 0 spiro atoms. The first-order valence-corrected chi connectivity index (χ1v) is 8.75. The zero-order valence-corrected chi connectivity index (χ0v) is 14.6. The van der Waals surface area contributed by atoms with Gasteiger partial charge in [0.25, 0.3) is 5.91 Å². The lowest BCUT2D eigenvalue weighted by Crippen LogP contribution is -2.27. The third kappa shape index (κ3) is 3.36. The molecular weight excluding hydrogens is 330 g/mol. The Hall–Kier alpha value is -3.00. The Labute approximate surface area is 151 Å². The number of anilines is 1. The SMILES string of the molecule is Cn1nc(C2CCNCC2)nc1NC(=O)c1ccn(-c2ccccc2)n1. The van der Waals surface area contributed by atoms with Crippen molar-refractivity contribution in [2.75, 3.05) is 18.4 Å². The number of rotatable bonds is 4. The number of para-hydroxylation sites is 1. The van der Waals surface area contributed by atoms with E-state index in [1.807, 2.05) is 30.3 Å². The van der Waals surface area contributed by atoms with E-state index in [2.05, 4.69) is 25.8 Å². The lowest BCUT2D eigenvalue weighted by Gasteiger charge is -2.19. The number of nitrogens with one attached hydrogen (secondary N) is 2. The average Bonchev–Trinajstić information content (AvgIpc) is 3.31. The maximum atomic E-state index is 12.5. The lowest BCUT2D eigenvalue weighted by atomic mass is 9.98. The van der Waals surface area contributed by atoms with Crippen LogP contribution in [0.15, 0.2) is 42.6 Å². The van der Waals surface area contributed by atoms with Gasteiger partial charge in [-0.15, -0.1) is 0 Å². The molecule has 26 heavy (non-hydrogen) atoms. The molecule has 2 aromatic heterocycles. The highest BCUT2D eigenvalue weighted by molar-refractivity contribution is 6.01. The first-order chi connectivity index (χ1) is 12.7. The maximum absolute atomic E-state index is 12.5. The molecular formula is C18H21N7O. The van der Waals surface area contributed by atoms with Crippen LogP contribution in [0.3, 0.4) is 0 Å². The van der Waals surface area contributed by atoms with Gasteiger partial charge in [0, 0.05) is 19.2 Å². The summed E-state index contributed by atoms with van der Waals surface area (Å²) in [5, 5.41) is 15.0. The summed E-state index contributed by atoms with van der Waals surface area (Å²) in [5.41, 5.74) is 1.23. The molecule has 2 N–H and O–H groups in total. The minimum absolute atomic E-state index is 0.299. The molecule has 0 radical (unpaired) electrons. The van der Waals surface area contributed by atoms with Crippen molar-refractivity contribution in [1.29, 1.82) is 0 Å². The molecule has 1 amide bonds. The molecule has 0 unspecified atom stereocenters. The Kier molecular flexibility index (Phi) is 4.49. The number of hydrogen-bond acceptors (Lipinski definition) is 5. The van der Waals surface area contributed by atoms with E-state index in [1.165, 1.54) is 0 Å². The topological polar surface area (TPSA) is 89.7 Å². The third-order valence-corrected chi connectivity index (χ3v) is 4.55. The summed E-state index contributed by atoms with van der Waals surface area (Å²) < 4.78 is 3.29. The Bertz CT molecular complexity index is 893.